The van der Waals surface area contributed by atoms with Crippen LogP contribution in [0.2, 0.25) is 0 Å². The quantitative estimate of drug-likeness (QED) is 0.627. The van der Waals surface area contributed by atoms with E-state index in [2.05, 4.69) is 15.5 Å². The largest absolute Gasteiger partial charge is 0.353 e. The molecule has 0 radical (unpaired) electrons. The van der Waals surface area contributed by atoms with Crippen molar-refractivity contribution in [2.75, 3.05) is 0 Å². The Balaban J connectivity index is 2.01. The molecule has 0 unspecified atom stereocenters. The molecule has 28 heavy (non-hydrogen) atoms. The van der Waals surface area contributed by atoms with Crippen molar-refractivity contribution >= 4 is 17.7 Å². The van der Waals surface area contributed by atoms with Crippen LogP contribution >= 0.6 is 11.8 Å². The highest BCUT2D eigenvalue weighted by Crippen LogP contribution is 2.30. The molecule has 1 atom stereocenters. The Morgan fingerprint density at radius 1 is 0.964 bits per heavy atom. The van der Waals surface area contributed by atoms with Crippen LogP contribution in [0.3, 0.4) is 0 Å². The van der Waals surface area contributed by atoms with Gasteiger partial charge in [-0.1, -0.05) is 11.8 Å². The fourth-order valence-corrected chi connectivity index (χ4v) is 3.45. The molecule has 3 rings (SSSR count). The minimum atomic E-state index is -0.410. The van der Waals surface area contributed by atoms with E-state index in [0.717, 1.165) is 0 Å². The van der Waals surface area contributed by atoms with Crippen LogP contribution in [0.4, 0.5) is 8.78 Å². The van der Waals surface area contributed by atoms with Crippen LogP contribution in [0.5, 0.6) is 0 Å². The molecule has 0 bridgehead atoms. The molecule has 0 saturated heterocycles. The third-order valence-electron chi connectivity index (χ3n) is 3.90. The summed E-state index contributed by atoms with van der Waals surface area (Å²) < 4.78 is 28.4. The fraction of sp³-hybridized carbons (Fsp3) is 0.250. The van der Waals surface area contributed by atoms with Gasteiger partial charge in [-0.2, -0.15) is 0 Å². The summed E-state index contributed by atoms with van der Waals surface area (Å²) in [6.07, 6.45) is 0. The lowest BCUT2D eigenvalue weighted by atomic mass is 10.2. The molecule has 0 aliphatic rings. The van der Waals surface area contributed by atoms with Crippen LogP contribution in [0.15, 0.2) is 53.7 Å². The maximum atomic E-state index is 13.4. The number of carbonyl (C=O) groups is 1. The average Bonchev–Trinajstić information content (AvgIpc) is 3.06. The van der Waals surface area contributed by atoms with Crippen molar-refractivity contribution in [3.8, 4) is 17.1 Å². The molecule has 0 fully saturated rings. The molecule has 0 spiro atoms. The maximum Gasteiger partial charge on any atom is 0.233 e. The van der Waals surface area contributed by atoms with Gasteiger partial charge >= 0.3 is 0 Å². The second-order valence-corrected chi connectivity index (χ2v) is 7.86. The number of thioether (sulfide) groups is 1. The Bertz CT molecular complexity index is 955. The monoisotopic (exact) mass is 402 g/mol. The first-order valence-corrected chi connectivity index (χ1v) is 9.67. The van der Waals surface area contributed by atoms with E-state index in [1.165, 1.54) is 36.0 Å². The Labute approximate surface area is 166 Å². The van der Waals surface area contributed by atoms with Crippen LogP contribution < -0.4 is 5.32 Å². The van der Waals surface area contributed by atoms with E-state index >= 15 is 0 Å². The molecule has 5 nitrogen and oxygen atoms in total. The van der Waals surface area contributed by atoms with Gasteiger partial charge < -0.3 is 5.32 Å². The lowest BCUT2D eigenvalue weighted by molar-refractivity contribution is -0.120. The van der Waals surface area contributed by atoms with Crippen molar-refractivity contribution in [3.63, 3.8) is 0 Å². The summed E-state index contributed by atoms with van der Waals surface area (Å²) in [6.45, 7) is 5.56. The maximum absolute atomic E-state index is 13.4. The summed E-state index contributed by atoms with van der Waals surface area (Å²) >= 11 is 1.25. The highest BCUT2D eigenvalue weighted by molar-refractivity contribution is 8.00. The number of nitrogens with zero attached hydrogens (tertiary/aromatic N) is 3. The first-order valence-electron chi connectivity index (χ1n) is 8.79. The van der Waals surface area contributed by atoms with Crippen LogP contribution in [0, 0.1) is 11.6 Å². The van der Waals surface area contributed by atoms with E-state index in [-0.39, 0.29) is 23.6 Å². The predicted molar refractivity (Wildman–Crippen MR) is 105 cm³/mol. The van der Waals surface area contributed by atoms with E-state index in [9.17, 15) is 13.6 Å². The van der Waals surface area contributed by atoms with Gasteiger partial charge in [-0.25, -0.2) is 8.78 Å². The van der Waals surface area contributed by atoms with Gasteiger partial charge in [0.2, 0.25) is 5.91 Å². The number of halogens is 2. The van der Waals surface area contributed by atoms with Gasteiger partial charge in [0.25, 0.3) is 0 Å². The minimum Gasteiger partial charge on any atom is -0.353 e. The molecule has 0 saturated carbocycles. The Morgan fingerprint density at radius 2 is 1.54 bits per heavy atom. The number of hydrogen-bond donors (Lipinski definition) is 1. The van der Waals surface area contributed by atoms with E-state index in [1.807, 2.05) is 13.8 Å². The van der Waals surface area contributed by atoms with Crippen LogP contribution in [0.25, 0.3) is 17.1 Å². The van der Waals surface area contributed by atoms with Crippen molar-refractivity contribution in [2.24, 2.45) is 0 Å². The van der Waals surface area contributed by atoms with Crippen LogP contribution in [-0.2, 0) is 4.79 Å². The van der Waals surface area contributed by atoms with Gasteiger partial charge in [-0.15, -0.1) is 10.2 Å². The van der Waals surface area contributed by atoms with Gasteiger partial charge in [0.1, 0.15) is 11.6 Å². The van der Waals surface area contributed by atoms with Crippen molar-refractivity contribution in [1.29, 1.82) is 0 Å². The Hall–Kier alpha value is -2.74. The Morgan fingerprint density at radius 3 is 2.11 bits per heavy atom. The average molecular weight is 402 g/mol. The third-order valence-corrected chi connectivity index (χ3v) is 4.95. The van der Waals surface area contributed by atoms with E-state index in [4.69, 9.17) is 0 Å². The summed E-state index contributed by atoms with van der Waals surface area (Å²) in [5.41, 5.74) is 1.30. The van der Waals surface area contributed by atoms with Gasteiger partial charge in [0, 0.05) is 17.3 Å². The van der Waals surface area contributed by atoms with E-state index in [1.54, 1.807) is 35.8 Å². The second-order valence-electron chi connectivity index (χ2n) is 6.55. The number of aromatic nitrogens is 3. The molecular weight excluding hydrogens is 382 g/mol. The second kappa shape index (κ2) is 8.52. The molecule has 2 aromatic carbocycles. The van der Waals surface area contributed by atoms with Gasteiger partial charge in [0.15, 0.2) is 11.0 Å². The molecule has 1 amide bonds. The highest BCUT2D eigenvalue weighted by Gasteiger charge is 2.22. The molecule has 1 heterocycles. The fourth-order valence-electron chi connectivity index (χ4n) is 2.57. The first kappa shape index (κ1) is 20.0. The lowest BCUT2D eigenvalue weighted by Crippen LogP contribution is -2.36. The first-order chi connectivity index (χ1) is 13.3. The minimum absolute atomic E-state index is 0.0281. The van der Waals surface area contributed by atoms with Crippen molar-refractivity contribution < 1.29 is 13.6 Å². The number of hydrogen-bond acceptors (Lipinski definition) is 4. The molecule has 146 valence electrons. The molecule has 3 aromatic rings. The molecule has 8 heteroatoms. The van der Waals surface area contributed by atoms with Gasteiger partial charge in [0.05, 0.1) is 5.25 Å². The number of rotatable bonds is 6. The standard InChI is InChI=1S/C20H20F2N4OS/c1-12(2)23-19(27)13(3)28-20-25-24-18(14-4-6-15(21)7-5-14)26(20)17-10-8-16(22)9-11-17/h4-13H,1-3H3,(H,23,27)/t13-/m1/s1. The summed E-state index contributed by atoms with van der Waals surface area (Å²) in [7, 11) is 0. The summed E-state index contributed by atoms with van der Waals surface area (Å²) in [6, 6.07) is 11.8. The molecular formula is C20H20F2N4OS. The number of benzene rings is 2. The zero-order chi connectivity index (χ0) is 20.3. The summed E-state index contributed by atoms with van der Waals surface area (Å²) in [4.78, 5) is 12.3. The topological polar surface area (TPSA) is 59.8 Å². The van der Waals surface area contributed by atoms with E-state index in [0.29, 0.717) is 22.2 Å². The van der Waals surface area contributed by atoms with Crippen molar-refractivity contribution in [3.05, 3.63) is 60.2 Å². The SMILES string of the molecule is CC(C)NC(=O)[C@@H](C)Sc1nnc(-c2ccc(F)cc2)n1-c1ccc(F)cc1. The molecule has 0 aliphatic heterocycles. The predicted octanol–water partition coefficient (Wildman–Crippen LogP) is 4.22. The molecule has 1 aromatic heterocycles. The molecule has 0 aliphatic carbocycles. The van der Waals surface area contributed by atoms with Crippen LogP contribution in [0.1, 0.15) is 20.8 Å². The summed E-state index contributed by atoms with van der Waals surface area (Å²) in [5.74, 6) is -0.355. The zero-order valence-corrected chi connectivity index (χ0v) is 16.5. The number of nitrogens with one attached hydrogen (secondary N) is 1. The smallest absolute Gasteiger partial charge is 0.233 e. The lowest BCUT2D eigenvalue weighted by Gasteiger charge is -2.15. The third kappa shape index (κ3) is 4.56. The van der Waals surface area contributed by atoms with Crippen LogP contribution in [-0.4, -0.2) is 32.0 Å². The number of amides is 1. The summed E-state index contributed by atoms with van der Waals surface area (Å²) in [5, 5.41) is 11.4. The van der Waals surface area contributed by atoms with Crippen molar-refractivity contribution in [1.82, 2.24) is 20.1 Å². The van der Waals surface area contributed by atoms with Crippen molar-refractivity contribution in [2.45, 2.75) is 37.2 Å². The zero-order valence-electron chi connectivity index (χ0n) is 15.7. The normalized spacial score (nSPS) is 12.2. The van der Waals surface area contributed by atoms with Gasteiger partial charge in [-0.3, -0.25) is 9.36 Å². The number of carbonyl (C=O) groups excluding carboxylic acids is 1. The van der Waals surface area contributed by atoms with Gasteiger partial charge in [-0.05, 0) is 69.3 Å². The highest BCUT2D eigenvalue weighted by atomic mass is 32.2. The Kier molecular flexibility index (Phi) is 6.08. The molecule has 1 N–H and O–H groups in total. The van der Waals surface area contributed by atoms with E-state index < -0.39 is 5.25 Å².